The number of carbonyl (C=O) groups excluding carboxylic acids is 1. The van der Waals surface area contributed by atoms with Crippen molar-refractivity contribution in [2.24, 2.45) is 0 Å². The molecule has 0 spiro atoms. The van der Waals surface area contributed by atoms with Crippen LogP contribution < -0.4 is 5.32 Å². The van der Waals surface area contributed by atoms with Crippen LogP contribution in [-0.2, 0) is 0 Å². The summed E-state index contributed by atoms with van der Waals surface area (Å²) in [5.74, 6) is -4.85. The molecule has 0 aliphatic carbocycles. The minimum absolute atomic E-state index is 0.157. The molecule has 2 aromatic rings. The van der Waals surface area contributed by atoms with Crippen molar-refractivity contribution in [2.45, 2.75) is 0 Å². The van der Waals surface area contributed by atoms with Gasteiger partial charge in [0.05, 0.1) is 13.1 Å². The molecular weight excluding hydrogens is 411 g/mol. The van der Waals surface area contributed by atoms with Gasteiger partial charge in [0.1, 0.15) is 0 Å². The molecule has 100 valence electrons. The highest BCUT2D eigenvalue weighted by molar-refractivity contribution is 9.12. The van der Waals surface area contributed by atoms with E-state index in [0.29, 0.717) is 21.5 Å². The molecular formula is C11H4Br2F3NOS. The van der Waals surface area contributed by atoms with E-state index in [9.17, 15) is 18.0 Å². The van der Waals surface area contributed by atoms with E-state index in [2.05, 4.69) is 37.2 Å². The first kappa shape index (κ1) is 14.5. The topological polar surface area (TPSA) is 29.1 Å². The zero-order chi connectivity index (χ0) is 14.2. The van der Waals surface area contributed by atoms with Crippen LogP contribution in [0.5, 0.6) is 0 Å². The second kappa shape index (κ2) is 5.64. The van der Waals surface area contributed by atoms with Gasteiger partial charge in [0, 0.05) is 17.8 Å². The summed E-state index contributed by atoms with van der Waals surface area (Å²) in [6.07, 6.45) is 0. The van der Waals surface area contributed by atoms with Gasteiger partial charge in [0.25, 0.3) is 5.91 Å². The minimum atomic E-state index is -1.57. The molecule has 0 unspecified atom stereocenters. The molecule has 1 amide bonds. The Balaban J connectivity index is 2.27. The molecule has 0 aliphatic heterocycles. The van der Waals surface area contributed by atoms with E-state index in [4.69, 9.17) is 0 Å². The van der Waals surface area contributed by atoms with E-state index in [1.165, 1.54) is 11.3 Å². The number of benzene rings is 1. The maximum atomic E-state index is 13.0. The number of hydrogen-bond donors (Lipinski definition) is 1. The molecule has 1 aromatic heterocycles. The molecule has 2 rings (SSSR count). The second-order valence-electron chi connectivity index (χ2n) is 3.45. The largest absolute Gasteiger partial charge is 0.322 e. The average molecular weight is 415 g/mol. The molecule has 1 heterocycles. The molecule has 0 atom stereocenters. The first-order chi connectivity index (χ1) is 8.88. The normalized spacial score (nSPS) is 10.6. The molecule has 0 bridgehead atoms. The molecule has 0 saturated carbocycles. The standard InChI is InChI=1S/C11H4Br2F3NOS/c12-8-3-5(10(13)19-8)11(18)17-4-1-6(14)9(16)7(15)2-4/h1-3H,(H,17,18). The third kappa shape index (κ3) is 3.18. The second-order valence-corrected chi connectivity index (χ2v) is 7.20. The van der Waals surface area contributed by atoms with Gasteiger partial charge in [-0.05, 0) is 37.9 Å². The van der Waals surface area contributed by atoms with Crippen molar-refractivity contribution < 1.29 is 18.0 Å². The fourth-order valence-electron chi connectivity index (χ4n) is 1.32. The van der Waals surface area contributed by atoms with E-state index in [0.717, 1.165) is 3.79 Å². The highest BCUT2D eigenvalue weighted by atomic mass is 79.9. The fraction of sp³-hybridized carbons (Fsp3) is 0. The lowest BCUT2D eigenvalue weighted by Gasteiger charge is -2.05. The zero-order valence-electron chi connectivity index (χ0n) is 8.94. The maximum Gasteiger partial charge on any atom is 0.257 e. The fourth-order valence-corrected chi connectivity index (χ4v) is 4.11. The zero-order valence-corrected chi connectivity index (χ0v) is 12.9. The molecule has 0 fully saturated rings. The van der Waals surface area contributed by atoms with Gasteiger partial charge in [0.2, 0.25) is 0 Å². The number of anilines is 1. The summed E-state index contributed by atoms with van der Waals surface area (Å²) >= 11 is 7.68. The predicted octanol–water partition coefficient (Wildman–Crippen LogP) is 4.94. The lowest BCUT2D eigenvalue weighted by atomic mass is 10.2. The third-order valence-corrected chi connectivity index (χ3v) is 4.48. The van der Waals surface area contributed by atoms with Crippen molar-refractivity contribution in [1.29, 1.82) is 0 Å². The van der Waals surface area contributed by atoms with E-state index < -0.39 is 23.4 Å². The van der Waals surface area contributed by atoms with Crippen molar-refractivity contribution >= 4 is 54.8 Å². The number of thiophene rings is 1. The van der Waals surface area contributed by atoms with Crippen LogP contribution in [0.1, 0.15) is 10.4 Å². The Bertz CT molecular complexity index is 636. The molecule has 19 heavy (non-hydrogen) atoms. The Morgan fingerprint density at radius 3 is 2.16 bits per heavy atom. The van der Waals surface area contributed by atoms with Gasteiger partial charge in [-0.15, -0.1) is 11.3 Å². The quantitative estimate of drug-likeness (QED) is 0.692. The van der Waals surface area contributed by atoms with Crippen LogP contribution in [0.4, 0.5) is 18.9 Å². The van der Waals surface area contributed by atoms with Gasteiger partial charge >= 0.3 is 0 Å². The Morgan fingerprint density at radius 2 is 1.68 bits per heavy atom. The average Bonchev–Trinajstić information content (AvgIpc) is 2.65. The van der Waals surface area contributed by atoms with Gasteiger partial charge < -0.3 is 5.32 Å². The Labute approximate surface area is 126 Å². The van der Waals surface area contributed by atoms with Gasteiger partial charge in [0.15, 0.2) is 17.5 Å². The number of hydrogen-bond acceptors (Lipinski definition) is 2. The van der Waals surface area contributed by atoms with Crippen LogP contribution in [0, 0.1) is 17.5 Å². The molecule has 0 saturated heterocycles. The number of halogens is 5. The van der Waals surface area contributed by atoms with Gasteiger partial charge in [-0.3, -0.25) is 4.79 Å². The van der Waals surface area contributed by atoms with E-state index in [1.54, 1.807) is 6.07 Å². The SMILES string of the molecule is O=C(Nc1cc(F)c(F)c(F)c1)c1cc(Br)sc1Br. The summed E-state index contributed by atoms with van der Waals surface area (Å²) < 4.78 is 40.0. The van der Waals surface area contributed by atoms with Gasteiger partial charge in [-0.25, -0.2) is 13.2 Å². The lowest BCUT2D eigenvalue weighted by molar-refractivity contribution is 0.102. The summed E-state index contributed by atoms with van der Waals surface area (Å²) in [5, 5.41) is 2.29. The smallest absolute Gasteiger partial charge is 0.257 e. The van der Waals surface area contributed by atoms with Crippen molar-refractivity contribution in [3.05, 3.63) is 48.8 Å². The number of rotatable bonds is 2. The highest BCUT2D eigenvalue weighted by Crippen LogP contribution is 2.32. The maximum absolute atomic E-state index is 13.0. The summed E-state index contributed by atoms with van der Waals surface area (Å²) in [4.78, 5) is 11.9. The summed E-state index contributed by atoms with van der Waals surface area (Å²) in [5.41, 5.74) is 0.151. The Morgan fingerprint density at radius 1 is 1.11 bits per heavy atom. The van der Waals surface area contributed by atoms with Crippen LogP contribution >= 0.6 is 43.2 Å². The first-order valence-electron chi connectivity index (χ1n) is 4.79. The van der Waals surface area contributed by atoms with Crippen LogP contribution in [0.15, 0.2) is 25.8 Å². The number of nitrogens with one attached hydrogen (secondary N) is 1. The van der Waals surface area contributed by atoms with E-state index >= 15 is 0 Å². The minimum Gasteiger partial charge on any atom is -0.322 e. The predicted molar refractivity (Wildman–Crippen MR) is 74.0 cm³/mol. The molecule has 2 nitrogen and oxygen atoms in total. The molecule has 8 heteroatoms. The van der Waals surface area contributed by atoms with E-state index in [-0.39, 0.29) is 5.69 Å². The van der Waals surface area contributed by atoms with E-state index in [1.807, 2.05) is 0 Å². The van der Waals surface area contributed by atoms with Crippen LogP contribution in [-0.4, -0.2) is 5.91 Å². The van der Waals surface area contributed by atoms with Gasteiger partial charge in [-0.1, -0.05) is 0 Å². The molecule has 1 aromatic carbocycles. The van der Waals surface area contributed by atoms with Crippen LogP contribution in [0.2, 0.25) is 0 Å². The van der Waals surface area contributed by atoms with Crippen LogP contribution in [0.3, 0.4) is 0 Å². The molecule has 0 radical (unpaired) electrons. The van der Waals surface area contributed by atoms with Crippen molar-refractivity contribution in [3.63, 3.8) is 0 Å². The van der Waals surface area contributed by atoms with Crippen LogP contribution in [0.25, 0.3) is 0 Å². The Kier molecular flexibility index (Phi) is 4.32. The summed E-state index contributed by atoms with van der Waals surface area (Å²) in [6, 6.07) is 2.98. The van der Waals surface area contributed by atoms with Crippen molar-refractivity contribution in [2.75, 3.05) is 5.32 Å². The van der Waals surface area contributed by atoms with Gasteiger partial charge in [-0.2, -0.15) is 0 Å². The highest BCUT2D eigenvalue weighted by Gasteiger charge is 2.16. The summed E-state index contributed by atoms with van der Waals surface area (Å²) in [7, 11) is 0. The lowest BCUT2D eigenvalue weighted by Crippen LogP contribution is -2.12. The molecule has 0 aliphatic rings. The first-order valence-corrected chi connectivity index (χ1v) is 7.19. The Hall–Kier alpha value is -0.860. The third-order valence-electron chi connectivity index (χ3n) is 2.14. The van der Waals surface area contributed by atoms with Crippen molar-refractivity contribution in [3.8, 4) is 0 Å². The summed E-state index contributed by atoms with van der Waals surface area (Å²) in [6.45, 7) is 0. The number of amides is 1. The monoisotopic (exact) mass is 413 g/mol. The number of carbonyl (C=O) groups is 1. The molecule has 1 N–H and O–H groups in total. The van der Waals surface area contributed by atoms with Crippen molar-refractivity contribution in [1.82, 2.24) is 0 Å².